The van der Waals surface area contributed by atoms with Crippen LogP contribution in [0, 0.1) is 13.8 Å². The van der Waals surface area contributed by atoms with E-state index in [1.807, 2.05) is 19.9 Å². The third kappa shape index (κ3) is 3.08. The molecular formula is C14H19N3O3. The van der Waals surface area contributed by atoms with Crippen LogP contribution in [0.25, 0.3) is 0 Å². The zero-order valence-corrected chi connectivity index (χ0v) is 11.8. The number of aliphatic hydroxyl groups excluding tert-OH is 1. The van der Waals surface area contributed by atoms with Crippen molar-refractivity contribution in [3.8, 4) is 0 Å². The first kappa shape index (κ1) is 14.3. The number of amides is 1. The molecular weight excluding hydrogens is 258 g/mol. The van der Waals surface area contributed by atoms with Gasteiger partial charge in [0.1, 0.15) is 17.9 Å². The van der Waals surface area contributed by atoms with Crippen LogP contribution in [-0.4, -0.2) is 27.3 Å². The Morgan fingerprint density at radius 2 is 2.30 bits per heavy atom. The first-order valence-corrected chi connectivity index (χ1v) is 6.51. The first-order valence-electron chi connectivity index (χ1n) is 6.51. The number of carbonyl (C=O) groups is 1. The van der Waals surface area contributed by atoms with Crippen LogP contribution in [0.1, 0.15) is 36.2 Å². The average Bonchev–Trinajstić information content (AvgIpc) is 3.04. The minimum Gasteiger partial charge on any atom is -0.467 e. The summed E-state index contributed by atoms with van der Waals surface area (Å²) in [6.45, 7) is 5.67. The Hall–Kier alpha value is -2.08. The summed E-state index contributed by atoms with van der Waals surface area (Å²) in [6, 6.07) is 4.86. The van der Waals surface area contributed by atoms with Gasteiger partial charge in [-0.25, -0.2) is 0 Å². The van der Waals surface area contributed by atoms with Crippen molar-refractivity contribution >= 4 is 5.91 Å². The summed E-state index contributed by atoms with van der Waals surface area (Å²) in [5.41, 5.74) is 1.80. The van der Waals surface area contributed by atoms with Crippen LogP contribution in [0.2, 0.25) is 0 Å². The van der Waals surface area contributed by atoms with E-state index in [0.29, 0.717) is 5.76 Å². The zero-order valence-electron chi connectivity index (χ0n) is 11.8. The second-order valence-electron chi connectivity index (χ2n) is 4.82. The number of aromatic nitrogens is 2. The fraction of sp³-hybridized carbons (Fsp3) is 0.429. The lowest BCUT2D eigenvalue weighted by molar-refractivity contribution is -0.124. The molecule has 20 heavy (non-hydrogen) atoms. The second-order valence-corrected chi connectivity index (χ2v) is 4.82. The van der Waals surface area contributed by atoms with Crippen LogP contribution >= 0.6 is 0 Å². The second kappa shape index (κ2) is 5.92. The molecule has 2 atom stereocenters. The van der Waals surface area contributed by atoms with Crippen LogP contribution in [-0.2, 0) is 4.79 Å². The Balaban J connectivity index is 1.93. The molecule has 0 spiro atoms. The maximum Gasteiger partial charge on any atom is 0.244 e. The molecule has 108 valence electrons. The topological polar surface area (TPSA) is 80.3 Å². The molecule has 0 aliphatic heterocycles. The molecule has 0 fully saturated rings. The van der Waals surface area contributed by atoms with E-state index in [0.717, 1.165) is 11.4 Å². The Labute approximate surface area is 117 Å². The predicted octanol–water partition coefficient (Wildman–Crippen LogP) is 1.50. The van der Waals surface area contributed by atoms with Gasteiger partial charge in [-0.3, -0.25) is 9.48 Å². The van der Waals surface area contributed by atoms with Gasteiger partial charge in [-0.05, 0) is 39.0 Å². The van der Waals surface area contributed by atoms with Crippen molar-refractivity contribution in [2.45, 2.75) is 32.9 Å². The molecule has 2 rings (SSSR count). The maximum atomic E-state index is 12.1. The molecule has 1 amide bonds. The monoisotopic (exact) mass is 277 g/mol. The molecule has 0 aliphatic rings. The van der Waals surface area contributed by atoms with E-state index in [1.165, 1.54) is 6.26 Å². The predicted molar refractivity (Wildman–Crippen MR) is 73.1 cm³/mol. The molecule has 2 heterocycles. The van der Waals surface area contributed by atoms with E-state index < -0.39 is 12.1 Å². The fourth-order valence-electron chi connectivity index (χ4n) is 2.08. The Kier molecular flexibility index (Phi) is 4.24. The number of rotatable bonds is 5. The van der Waals surface area contributed by atoms with E-state index in [-0.39, 0.29) is 12.5 Å². The molecule has 0 saturated carbocycles. The van der Waals surface area contributed by atoms with Crippen LogP contribution in [0.5, 0.6) is 0 Å². The average molecular weight is 277 g/mol. The van der Waals surface area contributed by atoms with Crippen LogP contribution in [0.3, 0.4) is 0 Å². The van der Waals surface area contributed by atoms with Crippen LogP contribution in [0.15, 0.2) is 28.9 Å². The lowest BCUT2D eigenvalue weighted by Crippen LogP contribution is -2.34. The Bertz CT molecular complexity index is 575. The van der Waals surface area contributed by atoms with Crippen molar-refractivity contribution in [3.05, 3.63) is 41.6 Å². The van der Waals surface area contributed by atoms with Crippen molar-refractivity contribution in [3.63, 3.8) is 0 Å². The lowest BCUT2D eigenvalue weighted by atomic mass is 10.2. The smallest absolute Gasteiger partial charge is 0.244 e. The number of nitrogens with zero attached hydrogens (tertiary/aromatic N) is 2. The highest BCUT2D eigenvalue weighted by Gasteiger charge is 2.19. The molecule has 6 nitrogen and oxygen atoms in total. The number of furan rings is 1. The minimum absolute atomic E-state index is 0.107. The van der Waals surface area contributed by atoms with E-state index in [9.17, 15) is 9.90 Å². The van der Waals surface area contributed by atoms with Crippen molar-refractivity contribution in [2.24, 2.45) is 0 Å². The molecule has 0 aliphatic carbocycles. The van der Waals surface area contributed by atoms with Gasteiger partial charge >= 0.3 is 0 Å². The summed E-state index contributed by atoms with van der Waals surface area (Å²) in [5.74, 6) is 0.242. The number of carbonyl (C=O) groups excluding carboxylic acids is 1. The summed E-state index contributed by atoms with van der Waals surface area (Å²) in [4.78, 5) is 12.1. The van der Waals surface area contributed by atoms with Gasteiger partial charge in [-0.2, -0.15) is 5.10 Å². The number of hydrogen-bond acceptors (Lipinski definition) is 4. The molecule has 0 bridgehead atoms. The zero-order chi connectivity index (χ0) is 14.7. The molecule has 2 unspecified atom stereocenters. The Morgan fingerprint density at radius 1 is 1.55 bits per heavy atom. The first-order chi connectivity index (χ1) is 9.49. The number of nitrogens with one attached hydrogen (secondary N) is 1. The van der Waals surface area contributed by atoms with Crippen molar-refractivity contribution < 1.29 is 14.3 Å². The maximum absolute atomic E-state index is 12.1. The standard InChI is InChI=1S/C14H19N3O3/c1-9-7-10(2)17(16-9)11(3)14(19)15-8-12(18)13-5-4-6-20-13/h4-7,11-12,18H,8H2,1-3H3,(H,15,19). The SMILES string of the molecule is Cc1cc(C)n(C(C)C(=O)NCC(O)c2ccco2)n1. The number of aryl methyl sites for hydroxylation is 2. The molecule has 2 aromatic heterocycles. The fourth-order valence-corrected chi connectivity index (χ4v) is 2.08. The van der Waals surface area contributed by atoms with E-state index in [1.54, 1.807) is 23.7 Å². The largest absolute Gasteiger partial charge is 0.467 e. The normalized spacial score (nSPS) is 14.0. The summed E-state index contributed by atoms with van der Waals surface area (Å²) in [6.07, 6.45) is 0.639. The van der Waals surface area contributed by atoms with Gasteiger partial charge < -0.3 is 14.8 Å². The van der Waals surface area contributed by atoms with Gasteiger partial charge in [0.15, 0.2) is 0 Å². The van der Waals surface area contributed by atoms with Crippen molar-refractivity contribution in [1.29, 1.82) is 0 Å². The quantitative estimate of drug-likeness (QED) is 0.868. The number of aliphatic hydroxyl groups is 1. The van der Waals surface area contributed by atoms with E-state index >= 15 is 0 Å². The van der Waals surface area contributed by atoms with Gasteiger partial charge in [-0.1, -0.05) is 0 Å². The van der Waals surface area contributed by atoms with Crippen molar-refractivity contribution in [2.75, 3.05) is 6.54 Å². The summed E-state index contributed by atoms with van der Waals surface area (Å²) >= 11 is 0. The highest BCUT2D eigenvalue weighted by atomic mass is 16.4. The molecule has 0 radical (unpaired) electrons. The highest BCUT2D eigenvalue weighted by Crippen LogP contribution is 2.13. The molecule has 6 heteroatoms. The molecule has 2 N–H and O–H groups in total. The van der Waals surface area contributed by atoms with Crippen LogP contribution in [0.4, 0.5) is 0 Å². The molecule has 0 saturated heterocycles. The third-order valence-corrected chi connectivity index (χ3v) is 3.13. The molecule has 2 aromatic rings. The number of hydrogen-bond donors (Lipinski definition) is 2. The van der Waals surface area contributed by atoms with E-state index in [4.69, 9.17) is 4.42 Å². The lowest BCUT2D eigenvalue weighted by Gasteiger charge is -2.16. The third-order valence-electron chi connectivity index (χ3n) is 3.13. The van der Waals surface area contributed by atoms with Gasteiger partial charge in [0.2, 0.25) is 5.91 Å². The Morgan fingerprint density at radius 3 is 2.85 bits per heavy atom. The summed E-state index contributed by atoms with van der Waals surface area (Å²) in [7, 11) is 0. The van der Waals surface area contributed by atoms with Gasteiger partial charge in [0, 0.05) is 5.69 Å². The van der Waals surface area contributed by atoms with Crippen molar-refractivity contribution in [1.82, 2.24) is 15.1 Å². The molecule has 0 aromatic carbocycles. The van der Waals surface area contributed by atoms with E-state index in [2.05, 4.69) is 10.4 Å². The van der Waals surface area contributed by atoms with Crippen LogP contribution < -0.4 is 5.32 Å². The van der Waals surface area contributed by atoms with Gasteiger partial charge in [-0.15, -0.1) is 0 Å². The summed E-state index contributed by atoms with van der Waals surface area (Å²) in [5, 5.41) is 16.8. The van der Waals surface area contributed by atoms with Gasteiger partial charge in [0.25, 0.3) is 0 Å². The highest BCUT2D eigenvalue weighted by molar-refractivity contribution is 5.79. The minimum atomic E-state index is -0.846. The summed E-state index contributed by atoms with van der Waals surface area (Å²) < 4.78 is 6.75. The van der Waals surface area contributed by atoms with Gasteiger partial charge in [0.05, 0.1) is 18.5 Å².